The van der Waals surface area contributed by atoms with E-state index in [0.29, 0.717) is 23.8 Å². The van der Waals surface area contributed by atoms with Gasteiger partial charge < -0.3 is 15.7 Å². The van der Waals surface area contributed by atoms with Crippen LogP contribution in [-0.4, -0.2) is 49.8 Å². The molecule has 29 heavy (non-hydrogen) atoms. The monoisotopic (exact) mass is 408 g/mol. The van der Waals surface area contributed by atoms with E-state index >= 15 is 0 Å². The van der Waals surface area contributed by atoms with E-state index in [1.54, 1.807) is 10.7 Å². The highest BCUT2D eigenvalue weighted by Gasteiger charge is 2.32. The Kier molecular flexibility index (Phi) is 3.94. The second-order valence-electron chi connectivity index (χ2n) is 7.13. The van der Waals surface area contributed by atoms with Crippen molar-refractivity contribution in [1.82, 2.24) is 19.6 Å². The average Bonchev–Trinajstić information content (AvgIpc) is 3.07. The van der Waals surface area contributed by atoms with Crippen molar-refractivity contribution in [2.45, 2.75) is 13.0 Å². The fraction of sp³-hybridized carbons (Fsp3) is 0.200. The SMILES string of the molecule is Cc1nc2c(C(N)=O)cnn2c(N2CC(O)C2)c1-c1ccnc2cc(Cl)ccc12. The maximum Gasteiger partial charge on any atom is 0.254 e. The zero-order chi connectivity index (χ0) is 20.3. The number of nitrogens with zero attached hydrogens (tertiary/aromatic N) is 5. The number of pyridine rings is 1. The maximum absolute atomic E-state index is 11.8. The summed E-state index contributed by atoms with van der Waals surface area (Å²) in [6.07, 6.45) is 2.74. The van der Waals surface area contributed by atoms with E-state index in [9.17, 15) is 9.90 Å². The van der Waals surface area contributed by atoms with Crippen LogP contribution in [0.5, 0.6) is 0 Å². The number of β-amino-alcohol motifs (C(OH)–C–C–N with tert-alkyl or cyclic N) is 1. The van der Waals surface area contributed by atoms with Gasteiger partial charge in [0, 0.05) is 35.3 Å². The third kappa shape index (κ3) is 2.72. The molecule has 0 saturated carbocycles. The average molecular weight is 409 g/mol. The van der Waals surface area contributed by atoms with Gasteiger partial charge in [0.15, 0.2) is 5.65 Å². The molecule has 3 N–H and O–H groups in total. The molecular weight excluding hydrogens is 392 g/mol. The van der Waals surface area contributed by atoms with Gasteiger partial charge in [-0.1, -0.05) is 17.7 Å². The summed E-state index contributed by atoms with van der Waals surface area (Å²) in [5, 5.41) is 15.8. The lowest BCUT2D eigenvalue weighted by atomic mass is 9.98. The number of anilines is 1. The van der Waals surface area contributed by atoms with E-state index in [2.05, 4.69) is 15.1 Å². The lowest BCUT2D eigenvalue weighted by Crippen LogP contribution is -2.51. The Morgan fingerprint density at radius 2 is 2.10 bits per heavy atom. The molecule has 3 aromatic heterocycles. The molecule has 1 aliphatic rings. The number of halogens is 1. The van der Waals surface area contributed by atoms with Crippen molar-refractivity contribution in [2.75, 3.05) is 18.0 Å². The highest BCUT2D eigenvalue weighted by atomic mass is 35.5. The summed E-state index contributed by atoms with van der Waals surface area (Å²) in [7, 11) is 0. The number of aliphatic hydroxyl groups excluding tert-OH is 1. The molecule has 1 aliphatic heterocycles. The van der Waals surface area contributed by atoms with Crippen molar-refractivity contribution in [3.63, 3.8) is 0 Å². The quantitative estimate of drug-likeness (QED) is 0.537. The van der Waals surface area contributed by atoms with Crippen LogP contribution in [-0.2, 0) is 0 Å². The predicted octanol–water partition coefficient (Wildman–Crippen LogP) is 2.19. The number of fused-ring (bicyclic) bond motifs is 2. The number of aliphatic hydroxyl groups is 1. The van der Waals surface area contributed by atoms with Gasteiger partial charge in [0.1, 0.15) is 11.4 Å². The molecule has 146 valence electrons. The molecule has 1 aromatic carbocycles. The first-order valence-corrected chi connectivity index (χ1v) is 9.47. The molecular formula is C20H17ClN6O2. The summed E-state index contributed by atoms with van der Waals surface area (Å²) in [5.41, 5.74) is 9.43. The molecule has 5 rings (SSSR count). The van der Waals surface area contributed by atoms with Gasteiger partial charge in [-0.3, -0.25) is 9.78 Å². The number of aryl methyl sites for hydroxylation is 1. The number of nitrogens with two attached hydrogens (primary N) is 1. The van der Waals surface area contributed by atoms with Crippen molar-refractivity contribution >= 4 is 39.9 Å². The number of hydrogen-bond acceptors (Lipinski definition) is 6. The van der Waals surface area contributed by atoms with Crippen LogP contribution in [0, 0.1) is 6.92 Å². The highest BCUT2D eigenvalue weighted by molar-refractivity contribution is 6.31. The van der Waals surface area contributed by atoms with Gasteiger partial charge in [0.2, 0.25) is 0 Å². The zero-order valence-electron chi connectivity index (χ0n) is 15.5. The Balaban J connectivity index is 1.86. The van der Waals surface area contributed by atoms with Gasteiger partial charge in [0.25, 0.3) is 5.91 Å². The van der Waals surface area contributed by atoms with Crippen LogP contribution in [0.1, 0.15) is 16.1 Å². The normalized spacial score (nSPS) is 14.5. The van der Waals surface area contributed by atoms with Crippen molar-refractivity contribution in [3.05, 3.63) is 52.9 Å². The molecule has 0 atom stereocenters. The van der Waals surface area contributed by atoms with Crippen LogP contribution in [0.4, 0.5) is 5.82 Å². The molecule has 4 aromatic rings. The number of carbonyl (C=O) groups is 1. The summed E-state index contributed by atoms with van der Waals surface area (Å²) < 4.78 is 1.62. The third-order valence-corrected chi connectivity index (χ3v) is 5.44. The Morgan fingerprint density at radius 3 is 2.83 bits per heavy atom. The van der Waals surface area contributed by atoms with E-state index in [1.165, 1.54) is 6.20 Å². The number of primary amides is 1. The molecule has 1 saturated heterocycles. The lowest BCUT2D eigenvalue weighted by molar-refractivity contribution is 0.100. The third-order valence-electron chi connectivity index (χ3n) is 5.20. The molecule has 1 fully saturated rings. The largest absolute Gasteiger partial charge is 0.389 e. The molecule has 0 spiro atoms. The number of hydrogen-bond donors (Lipinski definition) is 2. The Hall–Kier alpha value is -3.23. The van der Waals surface area contributed by atoms with Crippen molar-refractivity contribution < 1.29 is 9.90 Å². The smallest absolute Gasteiger partial charge is 0.254 e. The van der Waals surface area contributed by atoms with Crippen molar-refractivity contribution in [2.24, 2.45) is 5.73 Å². The topological polar surface area (TPSA) is 110 Å². The van der Waals surface area contributed by atoms with Crippen LogP contribution in [0.3, 0.4) is 0 Å². The van der Waals surface area contributed by atoms with Gasteiger partial charge in [-0.05, 0) is 30.7 Å². The van der Waals surface area contributed by atoms with Crippen LogP contribution in [0.2, 0.25) is 5.02 Å². The lowest BCUT2D eigenvalue weighted by Gasteiger charge is -2.39. The Bertz CT molecular complexity index is 1300. The molecule has 1 amide bonds. The minimum Gasteiger partial charge on any atom is -0.389 e. The van der Waals surface area contributed by atoms with E-state index < -0.39 is 12.0 Å². The van der Waals surface area contributed by atoms with Crippen LogP contribution >= 0.6 is 11.6 Å². The second kappa shape index (κ2) is 6.40. The fourth-order valence-electron chi connectivity index (χ4n) is 3.84. The van der Waals surface area contributed by atoms with Crippen molar-refractivity contribution in [1.29, 1.82) is 0 Å². The summed E-state index contributed by atoms with van der Waals surface area (Å²) in [5.74, 6) is 0.172. The van der Waals surface area contributed by atoms with Crippen molar-refractivity contribution in [3.8, 4) is 11.1 Å². The number of rotatable bonds is 3. The number of aromatic nitrogens is 4. The molecule has 0 unspecified atom stereocenters. The maximum atomic E-state index is 11.8. The van der Waals surface area contributed by atoms with E-state index in [1.807, 2.05) is 36.1 Å². The van der Waals surface area contributed by atoms with E-state index in [4.69, 9.17) is 17.3 Å². The van der Waals surface area contributed by atoms with Crippen LogP contribution in [0.15, 0.2) is 36.7 Å². The molecule has 8 nitrogen and oxygen atoms in total. The number of carbonyl (C=O) groups excluding carboxylic acids is 1. The molecule has 0 aliphatic carbocycles. The number of benzene rings is 1. The van der Waals surface area contributed by atoms with Gasteiger partial charge in [-0.15, -0.1) is 0 Å². The molecule has 0 bridgehead atoms. The molecule has 9 heteroatoms. The standard InChI is InChI=1S/C20H17ClN6O2/c1-10-17(14-4-5-23-16-6-11(21)2-3-13(14)16)20(26-8-12(28)9-26)27-19(25-10)15(7-24-27)18(22)29/h2-7,12,28H,8-9H2,1H3,(H2,22,29). The summed E-state index contributed by atoms with van der Waals surface area (Å²) in [6, 6.07) is 7.48. The van der Waals surface area contributed by atoms with Gasteiger partial charge in [0.05, 0.1) is 23.5 Å². The first kappa shape index (κ1) is 17.8. The summed E-state index contributed by atoms with van der Waals surface area (Å²) >= 11 is 6.14. The highest BCUT2D eigenvalue weighted by Crippen LogP contribution is 2.39. The minimum absolute atomic E-state index is 0.258. The summed E-state index contributed by atoms with van der Waals surface area (Å²) in [4.78, 5) is 22.9. The number of amides is 1. The van der Waals surface area contributed by atoms with Gasteiger partial charge in [-0.2, -0.15) is 9.61 Å². The Labute approximate surface area is 170 Å². The van der Waals surface area contributed by atoms with Gasteiger partial charge in [-0.25, -0.2) is 4.98 Å². The predicted molar refractivity (Wildman–Crippen MR) is 110 cm³/mol. The van der Waals surface area contributed by atoms with E-state index in [0.717, 1.165) is 33.5 Å². The first-order chi connectivity index (χ1) is 13.9. The first-order valence-electron chi connectivity index (χ1n) is 9.10. The minimum atomic E-state index is -0.585. The second-order valence-corrected chi connectivity index (χ2v) is 7.57. The van der Waals surface area contributed by atoms with Crippen LogP contribution in [0.25, 0.3) is 27.7 Å². The van der Waals surface area contributed by atoms with Crippen LogP contribution < -0.4 is 10.6 Å². The van der Waals surface area contributed by atoms with Gasteiger partial charge >= 0.3 is 0 Å². The summed E-state index contributed by atoms with van der Waals surface area (Å²) in [6.45, 7) is 2.81. The Morgan fingerprint density at radius 1 is 1.31 bits per heavy atom. The van der Waals surface area contributed by atoms with E-state index in [-0.39, 0.29) is 5.56 Å². The molecule has 0 radical (unpaired) electrons. The zero-order valence-corrected chi connectivity index (χ0v) is 16.3. The fourth-order valence-corrected chi connectivity index (χ4v) is 4.00. The molecule has 4 heterocycles.